The summed E-state index contributed by atoms with van der Waals surface area (Å²) >= 11 is 0. The smallest absolute Gasteiger partial charge is 0.338 e. The van der Waals surface area contributed by atoms with Crippen LogP contribution in [0.2, 0.25) is 0 Å². The maximum atomic E-state index is 13.8. The maximum absolute atomic E-state index is 13.8. The minimum atomic E-state index is -1.26. The van der Waals surface area contributed by atoms with Crippen LogP contribution < -0.4 is 10.6 Å². The molecule has 2 aliphatic heterocycles. The molecule has 8 rings (SSSR count). The van der Waals surface area contributed by atoms with Crippen LogP contribution in [0.15, 0.2) is 65.8 Å². The minimum Gasteiger partial charge on any atom is -0.456 e. The Labute approximate surface area is 322 Å². The van der Waals surface area contributed by atoms with E-state index in [1.54, 1.807) is 18.2 Å². The molecule has 4 aliphatic carbocycles. The van der Waals surface area contributed by atoms with E-state index >= 15 is 0 Å². The van der Waals surface area contributed by atoms with Gasteiger partial charge in [-0.3, -0.25) is 9.59 Å². The van der Waals surface area contributed by atoms with Gasteiger partial charge < -0.3 is 39.8 Å². The van der Waals surface area contributed by atoms with Crippen molar-refractivity contribution in [1.29, 1.82) is 0 Å². The summed E-state index contributed by atoms with van der Waals surface area (Å²) in [5.41, 5.74) is 5.73. The maximum Gasteiger partial charge on any atom is 0.338 e. The van der Waals surface area contributed by atoms with Crippen molar-refractivity contribution < 1.29 is 43.5 Å². The number of rotatable bonds is 9. The van der Waals surface area contributed by atoms with Gasteiger partial charge in [-0.2, -0.15) is 0 Å². The zero-order valence-electron chi connectivity index (χ0n) is 32.2. The van der Waals surface area contributed by atoms with E-state index in [-0.39, 0.29) is 30.7 Å². The number of hydrogen-bond acceptors (Lipinski definition) is 9. The summed E-state index contributed by atoms with van der Waals surface area (Å²) in [5, 5.41) is 24.6. The van der Waals surface area contributed by atoms with Crippen molar-refractivity contribution in [3.8, 4) is 0 Å². The topological polar surface area (TPSA) is 156 Å². The molecule has 1 spiro atoms. The number of nitrogens with one attached hydrogen (secondary N) is 2. The number of benzene rings is 2. The van der Waals surface area contributed by atoms with E-state index in [0.717, 1.165) is 36.0 Å². The minimum absolute atomic E-state index is 0.0166. The van der Waals surface area contributed by atoms with Crippen LogP contribution in [0.3, 0.4) is 0 Å². The highest BCUT2D eigenvalue weighted by molar-refractivity contribution is 5.97. The van der Waals surface area contributed by atoms with Crippen molar-refractivity contribution in [3.63, 3.8) is 0 Å². The molecule has 11 heteroatoms. The summed E-state index contributed by atoms with van der Waals surface area (Å²) in [6.07, 6.45) is 7.45. The Morgan fingerprint density at radius 2 is 1.73 bits per heavy atom. The van der Waals surface area contributed by atoms with Gasteiger partial charge in [-0.05, 0) is 98.1 Å². The number of ether oxygens (including phenoxy) is 4. The first-order chi connectivity index (χ1) is 26.3. The van der Waals surface area contributed by atoms with Gasteiger partial charge in [0.15, 0.2) is 5.79 Å². The van der Waals surface area contributed by atoms with Gasteiger partial charge in [-0.1, -0.05) is 61.9 Å². The number of hydrogen-bond donors (Lipinski definition) is 4. The van der Waals surface area contributed by atoms with E-state index in [1.165, 1.54) is 25.3 Å². The standard InChI is InChI=1S/C44H54N2O9/c1-25(48)37(40(50)45-17-18-47)46-39(49)31-20-34(38-35(21-31)53-44(55-38)22-29-7-5-6-8-30(29)23-44)52-41(51)27-11-9-26(10-12-27)19-28-13-14-36-43(4,54-36)16-15-33-32(28)24-42(33,2)3/h5-12,19,21,25,32-38,47-48H,13-18,20,22-24H2,1-4H3,(H,45,50)(H,46,49). The highest BCUT2D eigenvalue weighted by atomic mass is 16.8. The second-order valence-corrected chi connectivity index (χ2v) is 17.5. The van der Waals surface area contributed by atoms with E-state index in [0.29, 0.717) is 41.8 Å². The van der Waals surface area contributed by atoms with Crippen LogP contribution in [0.5, 0.6) is 0 Å². The molecule has 2 aromatic rings. The van der Waals surface area contributed by atoms with E-state index in [4.69, 9.17) is 24.1 Å². The Kier molecular flexibility index (Phi) is 10.1. The first-order valence-corrected chi connectivity index (χ1v) is 20.0. The highest BCUT2D eigenvalue weighted by Crippen LogP contribution is 2.59. The molecule has 9 atom stereocenters. The van der Waals surface area contributed by atoms with Crippen molar-refractivity contribution in [3.05, 3.63) is 88.0 Å². The van der Waals surface area contributed by atoms with Crippen molar-refractivity contribution in [2.24, 2.45) is 17.3 Å². The lowest BCUT2D eigenvalue weighted by Gasteiger charge is -2.53. The second kappa shape index (κ2) is 14.6. The van der Waals surface area contributed by atoms with Gasteiger partial charge in [0.1, 0.15) is 24.4 Å². The molecular weight excluding hydrogens is 700 g/mol. The summed E-state index contributed by atoms with van der Waals surface area (Å²) in [5.74, 6) is -1.53. The quantitative estimate of drug-likeness (QED) is 0.213. The molecule has 2 amide bonds. The fourth-order valence-electron chi connectivity index (χ4n) is 9.93. The van der Waals surface area contributed by atoms with Crippen molar-refractivity contribution >= 4 is 23.9 Å². The van der Waals surface area contributed by atoms with Gasteiger partial charge in [-0.25, -0.2) is 4.79 Å². The molecule has 2 heterocycles. The zero-order chi connectivity index (χ0) is 38.7. The molecule has 6 aliphatic rings. The normalized spacial score (nSPS) is 32.8. The predicted molar refractivity (Wildman–Crippen MR) is 203 cm³/mol. The van der Waals surface area contributed by atoms with Crippen molar-refractivity contribution in [1.82, 2.24) is 10.6 Å². The molecule has 0 aromatic heterocycles. The Balaban J connectivity index is 0.996. The summed E-state index contributed by atoms with van der Waals surface area (Å²) in [6, 6.07) is 14.3. The molecule has 4 N–H and O–H groups in total. The van der Waals surface area contributed by atoms with Gasteiger partial charge in [0.25, 0.3) is 0 Å². The van der Waals surface area contributed by atoms with Gasteiger partial charge >= 0.3 is 5.97 Å². The first-order valence-electron chi connectivity index (χ1n) is 20.0. The summed E-state index contributed by atoms with van der Waals surface area (Å²) in [4.78, 5) is 40.2. The number of carbonyl (C=O) groups excluding carboxylic acids is 3. The number of allylic oxidation sites excluding steroid dienone is 1. The number of carbonyl (C=O) groups is 3. The van der Waals surface area contributed by atoms with Crippen LogP contribution in [0.25, 0.3) is 6.08 Å². The summed E-state index contributed by atoms with van der Waals surface area (Å²) in [6.45, 7) is 8.13. The number of aliphatic hydroxyl groups excluding tert-OH is 2. The summed E-state index contributed by atoms with van der Waals surface area (Å²) < 4.78 is 25.5. The molecule has 2 saturated carbocycles. The fraction of sp³-hybridized carbons (Fsp3) is 0.568. The van der Waals surface area contributed by atoms with Crippen LogP contribution in [0.1, 0.15) is 93.3 Å². The Morgan fingerprint density at radius 3 is 2.40 bits per heavy atom. The largest absolute Gasteiger partial charge is 0.456 e. The second-order valence-electron chi connectivity index (χ2n) is 17.5. The van der Waals surface area contributed by atoms with Crippen LogP contribution in [0.4, 0.5) is 0 Å². The summed E-state index contributed by atoms with van der Waals surface area (Å²) in [7, 11) is 0. The van der Waals surface area contributed by atoms with Crippen molar-refractivity contribution in [2.75, 3.05) is 13.2 Å². The number of epoxide rings is 1. The average molecular weight is 755 g/mol. The van der Waals surface area contributed by atoms with Gasteiger partial charge in [0, 0.05) is 31.4 Å². The third-order valence-corrected chi connectivity index (χ3v) is 13.1. The SMILES string of the molecule is CC(O)C(NC(=O)C1=CC2OC3(Cc4ccccc4C3)OC2C(OC(=O)c2ccc(C=C3CCC4OC4(C)CCC4C3CC4(C)C)cc2)C1)C(=O)NCCO. The molecule has 294 valence electrons. The Morgan fingerprint density at radius 1 is 1.00 bits per heavy atom. The zero-order valence-corrected chi connectivity index (χ0v) is 32.2. The monoisotopic (exact) mass is 754 g/mol. The van der Waals surface area contributed by atoms with E-state index in [1.807, 2.05) is 36.4 Å². The van der Waals surface area contributed by atoms with Crippen molar-refractivity contribution in [2.45, 2.75) is 127 Å². The number of fused-ring (bicyclic) bond motifs is 4. The lowest BCUT2D eigenvalue weighted by molar-refractivity contribution is -0.172. The first kappa shape index (κ1) is 38.0. The fourth-order valence-corrected chi connectivity index (χ4v) is 9.93. The van der Waals surface area contributed by atoms with Crippen LogP contribution >= 0.6 is 0 Å². The molecule has 0 bridgehead atoms. The van der Waals surface area contributed by atoms with Gasteiger partial charge in [0.2, 0.25) is 11.8 Å². The van der Waals surface area contributed by atoms with E-state index < -0.39 is 54.0 Å². The lowest BCUT2D eigenvalue weighted by atomic mass is 9.52. The van der Waals surface area contributed by atoms with E-state index in [2.05, 4.69) is 37.5 Å². The average Bonchev–Trinajstić information content (AvgIpc) is 3.44. The molecule has 55 heavy (non-hydrogen) atoms. The molecule has 9 unspecified atom stereocenters. The van der Waals surface area contributed by atoms with Crippen LogP contribution in [0, 0.1) is 17.3 Å². The number of aliphatic hydroxyl groups is 2. The van der Waals surface area contributed by atoms with Crippen LogP contribution in [-0.2, 0) is 41.4 Å². The van der Waals surface area contributed by atoms with E-state index in [9.17, 15) is 19.5 Å². The molecule has 2 saturated heterocycles. The molecule has 0 radical (unpaired) electrons. The third-order valence-electron chi connectivity index (χ3n) is 13.1. The number of amides is 2. The molecule has 11 nitrogen and oxygen atoms in total. The number of esters is 1. The van der Waals surface area contributed by atoms with Gasteiger partial charge in [0.05, 0.1) is 30.0 Å². The molecule has 4 fully saturated rings. The third kappa shape index (κ3) is 7.54. The van der Waals surface area contributed by atoms with Gasteiger partial charge in [-0.15, -0.1) is 0 Å². The Bertz CT molecular complexity index is 1860. The highest BCUT2D eigenvalue weighted by Gasteiger charge is 2.57. The molecule has 2 aromatic carbocycles. The predicted octanol–water partition coefficient (Wildman–Crippen LogP) is 4.57. The van der Waals surface area contributed by atoms with Crippen LogP contribution in [-0.4, -0.2) is 89.1 Å². The lowest BCUT2D eigenvalue weighted by Crippen LogP contribution is -2.54. The Hall–Kier alpha value is -3.87. The molecular formula is C44H54N2O9.